The topological polar surface area (TPSA) is 62.3 Å². The molecule has 2 aromatic rings. The molecule has 1 aromatic carbocycles. The predicted octanol–water partition coefficient (Wildman–Crippen LogP) is 3.06. The van der Waals surface area contributed by atoms with Crippen LogP contribution in [-0.4, -0.2) is 28.7 Å². The van der Waals surface area contributed by atoms with Crippen molar-refractivity contribution in [1.82, 2.24) is 9.88 Å². The van der Waals surface area contributed by atoms with E-state index in [2.05, 4.69) is 10.3 Å². The van der Waals surface area contributed by atoms with Crippen molar-refractivity contribution in [2.75, 3.05) is 12.4 Å². The van der Waals surface area contributed by atoms with Gasteiger partial charge in [0.2, 0.25) is 11.8 Å². The van der Waals surface area contributed by atoms with E-state index in [4.69, 9.17) is 0 Å². The van der Waals surface area contributed by atoms with E-state index in [1.807, 2.05) is 13.8 Å². The molecule has 2 amide bonds. The highest BCUT2D eigenvalue weighted by molar-refractivity contribution is 7.15. The third kappa shape index (κ3) is 3.03. The van der Waals surface area contributed by atoms with Gasteiger partial charge in [0.25, 0.3) is 0 Å². The minimum absolute atomic E-state index is 0.104. The fourth-order valence-electron chi connectivity index (χ4n) is 2.98. The van der Waals surface area contributed by atoms with Crippen molar-refractivity contribution in [1.29, 1.82) is 0 Å². The van der Waals surface area contributed by atoms with Crippen LogP contribution in [0.25, 0.3) is 0 Å². The summed E-state index contributed by atoms with van der Waals surface area (Å²) >= 11 is 1.40. The van der Waals surface area contributed by atoms with E-state index in [0.717, 1.165) is 10.6 Å². The number of likely N-dealkylation sites (tertiary alicyclic amines) is 1. The highest BCUT2D eigenvalue weighted by Gasteiger charge is 2.43. The van der Waals surface area contributed by atoms with E-state index in [-0.39, 0.29) is 24.1 Å². The van der Waals surface area contributed by atoms with Gasteiger partial charge >= 0.3 is 0 Å². The van der Waals surface area contributed by atoms with Gasteiger partial charge in [0.15, 0.2) is 5.13 Å². The van der Waals surface area contributed by atoms with Crippen molar-refractivity contribution in [3.8, 4) is 0 Å². The molecule has 0 spiro atoms. The molecule has 1 saturated heterocycles. The van der Waals surface area contributed by atoms with Gasteiger partial charge in [-0.1, -0.05) is 12.1 Å². The van der Waals surface area contributed by atoms with Gasteiger partial charge < -0.3 is 10.2 Å². The van der Waals surface area contributed by atoms with Crippen molar-refractivity contribution >= 4 is 28.3 Å². The molecule has 126 valence electrons. The Morgan fingerprint density at radius 2 is 2.17 bits per heavy atom. The second-order valence-electron chi connectivity index (χ2n) is 5.96. The van der Waals surface area contributed by atoms with Crippen molar-refractivity contribution in [3.05, 3.63) is 46.2 Å². The third-order valence-electron chi connectivity index (χ3n) is 4.37. The molecule has 1 aromatic heterocycles. The Hall–Kier alpha value is -2.28. The molecule has 0 aliphatic carbocycles. The zero-order valence-electron chi connectivity index (χ0n) is 13.7. The summed E-state index contributed by atoms with van der Waals surface area (Å²) in [5.41, 5.74) is 1.49. The van der Waals surface area contributed by atoms with Crippen molar-refractivity contribution in [2.24, 2.45) is 5.92 Å². The number of carbonyl (C=O) groups excluding carboxylic acids is 2. The van der Waals surface area contributed by atoms with Crippen LogP contribution in [0.15, 0.2) is 24.3 Å². The Morgan fingerprint density at radius 1 is 1.42 bits per heavy atom. The minimum Gasteiger partial charge on any atom is -0.338 e. The molecule has 2 heterocycles. The zero-order chi connectivity index (χ0) is 17.4. The van der Waals surface area contributed by atoms with Crippen LogP contribution < -0.4 is 5.32 Å². The summed E-state index contributed by atoms with van der Waals surface area (Å²) < 4.78 is 13.6. The third-order valence-corrected chi connectivity index (χ3v) is 5.36. The van der Waals surface area contributed by atoms with Gasteiger partial charge in [-0.3, -0.25) is 9.59 Å². The summed E-state index contributed by atoms with van der Waals surface area (Å²) in [4.78, 5) is 31.6. The first-order chi connectivity index (χ1) is 11.4. The summed E-state index contributed by atoms with van der Waals surface area (Å²) in [5, 5.41) is 3.32. The minimum atomic E-state index is -0.575. The van der Waals surface area contributed by atoms with E-state index in [1.54, 1.807) is 19.2 Å². The lowest BCUT2D eigenvalue weighted by atomic mass is 9.93. The molecule has 0 bridgehead atoms. The average molecular weight is 347 g/mol. The Kier molecular flexibility index (Phi) is 4.36. The highest BCUT2D eigenvalue weighted by atomic mass is 32.1. The number of aryl methyl sites for hydroxylation is 2. The standard InChI is InChI=1S/C17H18FN3O2S/c1-9-10(2)24-17(19-9)20-16(23)13-8-14(22)21(3)15(13)11-5-4-6-12(18)7-11/h4-7,13,15H,8H2,1-3H3,(H,19,20,23)/t13-,15+/m1/s1. The Balaban J connectivity index is 1.86. The maximum absolute atomic E-state index is 13.6. The lowest BCUT2D eigenvalue weighted by molar-refractivity contribution is -0.128. The Morgan fingerprint density at radius 3 is 2.79 bits per heavy atom. The number of benzene rings is 1. The van der Waals surface area contributed by atoms with Crippen LogP contribution in [-0.2, 0) is 9.59 Å². The summed E-state index contributed by atoms with van der Waals surface area (Å²) in [7, 11) is 1.64. The van der Waals surface area contributed by atoms with Gasteiger partial charge in [-0.2, -0.15) is 0 Å². The van der Waals surface area contributed by atoms with Crippen LogP contribution in [0.3, 0.4) is 0 Å². The maximum Gasteiger partial charge on any atom is 0.232 e. The Labute approximate surface area is 143 Å². The van der Waals surface area contributed by atoms with Crippen LogP contribution in [0.1, 0.15) is 28.6 Å². The number of nitrogens with one attached hydrogen (secondary N) is 1. The molecule has 7 heteroatoms. The fraction of sp³-hybridized carbons (Fsp3) is 0.353. The number of anilines is 1. The molecule has 1 fully saturated rings. The van der Waals surface area contributed by atoms with E-state index < -0.39 is 12.0 Å². The molecule has 0 radical (unpaired) electrons. The molecular weight excluding hydrogens is 329 g/mol. The molecule has 24 heavy (non-hydrogen) atoms. The van der Waals surface area contributed by atoms with Crippen molar-refractivity contribution in [3.63, 3.8) is 0 Å². The van der Waals surface area contributed by atoms with E-state index in [0.29, 0.717) is 10.7 Å². The molecule has 5 nitrogen and oxygen atoms in total. The highest BCUT2D eigenvalue weighted by Crippen LogP contribution is 2.38. The number of thiazole rings is 1. The molecule has 1 aliphatic rings. The van der Waals surface area contributed by atoms with E-state index in [1.165, 1.54) is 28.4 Å². The van der Waals surface area contributed by atoms with Gasteiger partial charge in [0.1, 0.15) is 5.82 Å². The Bertz CT molecular complexity index is 785. The summed E-state index contributed by atoms with van der Waals surface area (Å²) in [5.74, 6) is -1.36. The molecular formula is C17H18FN3O2S. The van der Waals surface area contributed by atoms with Crippen LogP contribution in [0.4, 0.5) is 9.52 Å². The number of hydrogen-bond acceptors (Lipinski definition) is 4. The molecule has 3 rings (SSSR count). The number of rotatable bonds is 3. The van der Waals surface area contributed by atoms with E-state index >= 15 is 0 Å². The molecule has 1 aliphatic heterocycles. The first kappa shape index (κ1) is 16.6. The normalized spacial score (nSPS) is 20.5. The first-order valence-corrected chi connectivity index (χ1v) is 8.44. The van der Waals surface area contributed by atoms with Crippen molar-refractivity contribution < 1.29 is 14.0 Å². The predicted molar refractivity (Wildman–Crippen MR) is 90.2 cm³/mol. The lowest BCUT2D eigenvalue weighted by Gasteiger charge is -2.24. The summed E-state index contributed by atoms with van der Waals surface area (Å²) in [6, 6.07) is 5.56. The summed E-state index contributed by atoms with van der Waals surface area (Å²) in [6.45, 7) is 3.81. The number of hydrogen-bond donors (Lipinski definition) is 1. The van der Waals surface area contributed by atoms with Crippen molar-refractivity contribution in [2.45, 2.75) is 26.3 Å². The molecule has 0 unspecified atom stereocenters. The lowest BCUT2D eigenvalue weighted by Crippen LogP contribution is -2.30. The zero-order valence-corrected chi connectivity index (χ0v) is 14.5. The smallest absolute Gasteiger partial charge is 0.232 e. The quantitative estimate of drug-likeness (QED) is 0.928. The van der Waals surface area contributed by atoms with E-state index in [9.17, 15) is 14.0 Å². The number of nitrogens with zero attached hydrogens (tertiary/aromatic N) is 2. The average Bonchev–Trinajstić information content (AvgIpc) is 2.99. The second-order valence-corrected chi connectivity index (χ2v) is 7.17. The monoisotopic (exact) mass is 347 g/mol. The van der Waals surface area contributed by atoms with Gasteiger partial charge in [-0.05, 0) is 31.5 Å². The SMILES string of the molecule is Cc1nc(NC(=O)[C@@H]2CC(=O)N(C)[C@H]2c2cccc(F)c2)sc1C. The number of carbonyl (C=O) groups is 2. The van der Waals surface area contributed by atoms with Gasteiger partial charge in [-0.25, -0.2) is 9.37 Å². The maximum atomic E-state index is 13.6. The number of amides is 2. The van der Waals surface area contributed by atoms with Gasteiger partial charge in [0, 0.05) is 18.3 Å². The van der Waals surface area contributed by atoms with Gasteiger partial charge in [-0.15, -0.1) is 11.3 Å². The number of aromatic nitrogens is 1. The number of halogens is 1. The summed E-state index contributed by atoms with van der Waals surface area (Å²) in [6.07, 6.45) is 0.104. The molecule has 0 saturated carbocycles. The van der Waals surface area contributed by atoms with Gasteiger partial charge in [0.05, 0.1) is 17.7 Å². The largest absolute Gasteiger partial charge is 0.338 e. The molecule has 2 atom stereocenters. The fourth-order valence-corrected chi connectivity index (χ4v) is 3.79. The van der Waals surface area contributed by atoms with Crippen LogP contribution >= 0.6 is 11.3 Å². The van der Waals surface area contributed by atoms with Crippen LogP contribution in [0.5, 0.6) is 0 Å². The van der Waals surface area contributed by atoms with Crippen LogP contribution in [0, 0.1) is 25.6 Å². The second kappa shape index (κ2) is 6.32. The van der Waals surface area contributed by atoms with Crippen LogP contribution in [0.2, 0.25) is 0 Å². The molecule has 1 N–H and O–H groups in total. The first-order valence-electron chi connectivity index (χ1n) is 7.63.